The summed E-state index contributed by atoms with van der Waals surface area (Å²) < 4.78 is 17.6. The summed E-state index contributed by atoms with van der Waals surface area (Å²) in [6, 6.07) is 0. The molecule has 6 heteroatoms. The zero-order valence-electron chi connectivity index (χ0n) is 28.6. The molecule has 0 aromatic rings. The predicted octanol–water partition coefficient (Wildman–Crippen LogP) is 13.6. The second kappa shape index (κ2) is 36.3. The molecule has 1 unspecified atom stereocenters. The molecule has 0 aliphatic rings. The maximum atomic E-state index is 12.3. The van der Waals surface area contributed by atoms with E-state index >= 15 is 0 Å². The Kier molecular flexibility index (Phi) is 37.1. The topological polar surface area (TPSA) is 46.5 Å². The molecule has 1 N–H and O–H groups in total. The van der Waals surface area contributed by atoms with Crippen LogP contribution in [-0.2, 0) is 9.09 Å². The van der Waals surface area contributed by atoms with E-state index in [1.165, 1.54) is 180 Å². The lowest BCUT2D eigenvalue weighted by Crippen LogP contribution is -2.01. The molecular weight excluding hydrogens is 576 g/mol. The molecule has 0 aliphatic carbocycles. The Labute approximate surface area is 273 Å². The van der Waals surface area contributed by atoms with Gasteiger partial charge in [-0.15, -0.1) is 0 Å². The van der Waals surface area contributed by atoms with E-state index in [1.807, 2.05) is 23.5 Å². The molecular formula is C36H75O3PS2. The highest BCUT2D eigenvalue weighted by molar-refractivity contribution is 7.99. The van der Waals surface area contributed by atoms with Gasteiger partial charge in [0.25, 0.3) is 0 Å². The summed E-state index contributed by atoms with van der Waals surface area (Å²) in [5.41, 5.74) is 0. The van der Waals surface area contributed by atoms with Crippen molar-refractivity contribution in [1.29, 1.82) is 0 Å². The molecule has 0 saturated heterocycles. The SMILES string of the molecule is CCCCCCCCCCCCCCCCSCCOP(=O)(O)CCSCCCCCCCCCCCCCCCC. The Balaban J connectivity index is 3.26. The predicted molar refractivity (Wildman–Crippen MR) is 196 cm³/mol. The molecule has 0 fully saturated rings. The third kappa shape index (κ3) is 37.0. The first-order valence-corrected chi connectivity index (χ1v) is 22.8. The Morgan fingerprint density at radius 2 is 0.714 bits per heavy atom. The minimum Gasteiger partial charge on any atom is -0.324 e. The van der Waals surface area contributed by atoms with Gasteiger partial charge in [-0.1, -0.05) is 181 Å². The number of rotatable bonds is 37. The fourth-order valence-electron chi connectivity index (χ4n) is 5.48. The lowest BCUT2D eigenvalue weighted by Gasteiger charge is -2.12. The average Bonchev–Trinajstić information content (AvgIpc) is 2.98. The minimum atomic E-state index is -3.41. The van der Waals surface area contributed by atoms with E-state index in [9.17, 15) is 9.46 Å². The van der Waals surface area contributed by atoms with Crippen LogP contribution in [0.25, 0.3) is 0 Å². The quantitative estimate of drug-likeness (QED) is 0.0535. The molecule has 42 heavy (non-hydrogen) atoms. The molecule has 0 radical (unpaired) electrons. The second-order valence-corrected chi connectivity index (χ2v) is 17.0. The van der Waals surface area contributed by atoms with Gasteiger partial charge in [-0.3, -0.25) is 4.57 Å². The zero-order chi connectivity index (χ0) is 30.7. The summed E-state index contributed by atoms with van der Waals surface area (Å²) in [6.45, 7) is 4.97. The second-order valence-electron chi connectivity index (χ2n) is 12.6. The fourth-order valence-corrected chi connectivity index (χ4v) is 8.98. The molecule has 0 rings (SSSR count). The largest absolute Gasteiger partial charge is 0.328 e. The first-order valence-electron chi connectivity index (χ1n) is 18.7. The smallest absolute Gasteiger partial charge is 0.324 e. The zero-order valence-corrected chi connectivity index (χ0v) is 31.1. The van der Waals surface area contributed by atoms with E-state index in [2.05, 4.69) is 13.8 Å². The normalized spacial score (nSPS) is 13.1. The Morgan fingerprint density at radius 1 is 0.429 bits per heavy atom. The highest BCUT2D eigenvalue weighted by Gasteiger charge is 2.18. The van der Waals surface area contributed by atoms with Crippen LogP contribution in [0.1, 0.15) is 194 Å². The van der Waals surface area contributed by atoms with Crippen molar-refractivity contribution >= 4 is 31.1 Å². The Morgan fingerprint density at radius 3 is 1.05 bits per heavy atom. The molecule has 0 aromatic heterocycles. The summed E-state index contributed by atoms with van der Waals surface area (Å²) >= 11 is 3.68. The van der Waals surface area contributed by atoms with Gasteiger partial charge in [-0.2, -0.15) is 23.5 Å². The number of thioether (sulfide) groups is 2. The summed E-state index contributed by atoms with van der Waals surface area (Å²) in [5, 5.41) is 0. The molecule has 0 spiro atoms. The van der Waals surface area contributed by atoms with Gasteiger partial charge in [0.15, 0.2) is 0 Å². The fraction of sp³-hybridized carbons (Fsp3) is 1.00. The van der Waals surface area contributed by atoms with Crippen molar-refractivity contribution in [2.24, 2.45) is 0 Å². The first-order chi connectivity index (χ1) is 20.6. The average molecular weight is 651 g/mol. The van der Waals surface area contributed by atoms with Gasteiger partial charge in [0.2, 0.25) is 0 Å². The summed E-state index contributed by atoms with van der Waals surface area (Å²) in [7, 11) is -3.41. The maximum absolute atomic E-state index is 12.3. The molecule has 0 heterocycles. The molecule has 0 aliphatic heterocycles. The van der Waals surface area contributed by atoms with Crippen LogP contribution in [0.4, 0.5) is 0 Å². The van der Waals surface area contributed by atoms with Crippen molar-refractivity contribution in [3.63, 3.8) is 0 Å². The van der Waals surface area contributed by atoms with Gasteiger partial charge in [-0.25, -0.2) is 0 Å². The van der Waals surface area contributed by atoms with Crippen LogP contribution in [0, 0.1) is 0 Å². The van der Waals surface area contributed by atoms with Crippen molar-refractivity contribution in [2.75, 3.05) is 35.8 Å². The van der Waals surface area contributed by atoms with Gasteiger partial charge in [0.1, 0.15) is 0 Å². The molecule has 0 saturated carbocycles. The highest BCUT2D eigenvalue weighted by atomic mass is 32.2. The summed E-state index contributed by atoms with van der Waals surface area (Å²) in [4.78, 5) is 10.1. The van der Waals surface area contributed by atoms with Gasteiger partial charge >= 0.3 is 7.60 Å². The lowest BCUT2D eigenvalue weighted by molar-refractivity contribution is 0.277. The number of hydrogen-bond acceptors (Lipinski definition) is 4. The van der Waals surface area contributed by atoms with E-state index in [1.54, 1.807) is 0 Å². The van der Waals surface area contributed by atoms with E-state index in [0.29, 0.717) is 12.8 Å². The van der Waals surface area contributed by atoms with E-state index in [4.69, 9.17) is 4.52 Å². The molecule has 0 amide bonds. The van der Waals surface area contributed by atoms with Crippen LogP contribution in [0.15, 0.2) is 0 Å². The van der Waals surface area contributed by atoms with Crippen molar-refractivity contribution < 1.29 is 14.0 Å². The van der Waals surface area contributed by atoms with Crippen LogP contribution < -0.4 is 0 Å². The third-order valence-electron chi connectivity index (χ3n) is 8.32. The summed E-state index contributed by atoms with van der Waals surface area (Å²) in [6.07, 6.45) is 39.2. The van der Waals surface area contributed by atoms with Crippen LogP contribution in [0.3, 0.4) is 0 Å². The monoisotopic (exact) mass is 650 g/mol. The Hall–Kier alpha value is 0.850. The summed E-state index contributed by atoms with van der Waals surface area (Å²) in [5.74, 6) is 3.81. The van der Waals surface area contributed by atoms with Gasteiger partial charge in [-0.05, 0) is 24.3 Å². The van der Waals surface area contributed by atoms with Gasteiger partial charge < -0.3 is 9.42 Å². The lowest BCUT2D eigenvalue weighted by atomic mass is 10.0. The number of unbranched alkanes of at least 4 members (excludes halogenated alkanes) is 26. The molecule has 254 valence electrons. The van der Waals surface area contributed by atoms with Crippen molar-refractivity contribution in [3.8, 4) is 0 Å². The third-order valence-corrected chi connectivity index (χ3v) is 12.1. The van der Waals surface area contributed by atoms with Gasteiger partial charge in [0, 0.05) is 11.5 Å². The Bertz CT molecular complexity index is 550. The van der Waals surface area contributed by atoms with Crippen LogP contribution in [0.5, 0.6) is 0 Å². The van der Waals surface area contributed by atoms with Crippen molar-refractivity contribution in [1.82, 2.24) is 0 Å². The van der Waals surface area contributed by atoms with Crippen molar-refractivity contribution in [3.05, 3.63) is 0 Å². The minimum absolute atomic E-state index is 0.292. The van der Waals surface area contributed by atoms with Gasteiger partial charge in [0.05, 0.1) is 12.8 Å². The standard InChI is InChI=1S/C36H75O3PS2/c1-3-5-7-9-11-13-15-17-19-21-23-25-27-29-33-41-35-31-39-40(37,38)32-36-42-34-30-28-26-24-22-20-18-16-14-12-10-8-6-4-2/h3-36H2,1-2H3,(H,37,38). The van der Waals surface area contributed by atoms with Crippen LogP contribution >= 0.6 is 31.1 Å². The van der Waals surface area contributed by atoms with Crippen LogP contribution in [0.2, 0.25) is 0 Å². The number of hydrogen-bond donors (Lipinski definition) is 1. The van der Waals surface area contributed by atoms with E-state index in [-0.39, 0.29) is 0 Å². The maximum Gasteiger partial charge on any atom is 0.328 e. The molecule has 1 atom stereocenters. The van der Waals surface area contributed by atoms with E-state index in [0.717, 1.165) is 23.0 Å². The molecule has 0 aromatic carbocycles. The highest BCUT2D eigenvalue weighted by Crippen LogP contribution is 2.42. The van der Waals surface area contributed by atoms with Crippen molar-refractivity contribution in [2.45, 2.75) is 194 Å². The van der Waals surface area contributed by atoms with E-state index < -0.39 is 7.60 Å². The molecule has 3 nitrogen and oxygen atoms in total. The van der Waals surface area contributed by atoms with Crippen LogP contribution in [-0.4, -0.2) is 40.7 Å². The molecule has 0 bridgehead atoms. The first kappa shape index (κ1) is 42.9.